The molecule has 1 rings (SSSR count). The van der Waals surface area contributed by atoms with Crippen LogP contribution >= 0.6 is 11.6 Å². The first kappa shape index (κ1) is 9.83. The van der Waals surface area contributed by atoms with E-state index in [0.29, 0.717) is 11.4 Å². The molecular weight excluding hydrogens is 182 g/mol. The highest BCUT2D eigenvalue weighted by Crippen LogP contribution is 2.26. The molecule has 1 nitrogen and oxygen atoms in total. The van der Waals surface area contributed by atoms with E-state index < -0.39 is 0 Å². The van der Waals surface area contributed by atoms with Crippen molar-refractivity contribution in [2.24, 2.45) is 0 Å². The van der Waals surface area contributed by atoms with Gasteiger partial charge in [-0.05, 0) is 18.1 Å². The molecule has 0 aliphatic rings. The Kier molecular flexibility index (Phi) is 3.54. The molecule has 0 bridgehead atoms. The second kappa shape index (κ2) is 4.69. The quantitative estimate of drug-likeness (QED) is 0.671. The van der Waals surface area contributed by atoms with E-state index in [1.54, 1.807) is 12.1 Å². The van der Waals surface area contributed by atoms with Crippen molar-refractivity contribution in [3.63, 3.8) is 0 Å². The van der Waals surface area contributed by atoms with Crippen LogP contribution in [0.5, 0.6) is 0 Å². The topological polar surface area (TPSA) is 23.8 Å². The zero-order chi connectivity index (χ0) is 9.68. The summed E-state index contributed by atoms with van der Waals surface area (Å²) in [5.41, 5.74) is 0.881. The Morgan fingerprint density at radius 1 is 1.54 bits per heavy atom. The van der Waals surface area contributed by atoms with Crippen LogP contribution in [-0.4, -0.2) is 0 Å². The third-order valence-corrected chi connectivity index (χ3v) is 2.18. The number of hydrogen-bond acceptors (Lipinski definition) is 1. The lowest BCUT2D eigenvalue weighted by Crippen LogP contribution is -1.94. The van der Waals surface area contributed by atoms with Gasteiger partial charge in [0.05, 0.1) is 12.0 Å². The second-order valence-corrected chi connectivity index (χ2v) is 3.13. The molecule has 0 spiro atoms. The molecule has 1 aromatic rings. The van der Waals surface area contributed by atoms with E-state index in [2.05, 4.69) is 12.6 Å². The largest absolute Gasteiger partial charge is 0.198 e. The molecule has 0 N–H and O–H groups in total. The maximum absolute atomic E-state index is 8.88. The van der Waals surface area contributed by atoms with Crippen molar-refractivity contribution in [2.75, 3.05) is 0 Å². The first-order chi connectivity index (χ1) is 6.29. The third kappa shape index (κ3) is 2.34. The van der Waals surface area contributed by atoms with Crippen molar-refractivity contribution in [1.82, 2.24) is 0 Å². The van der Waals surface area contributed by atoms with Crippen LogP contribution in [0, 0.1) is 11.3 Å². The van der Waals surface area contributed by atoms with Crippen LogP contribution < -0.4 is 0 Å². The normalized spacial score (nSPS) is 11.7. The fourth-order valence-corrected chi connectivity index (χ4v) is 1.44. The summed E-state index contributed by atoms with van der Waals surface area (Å²) in [5.74, 6) is -0.175. The first-order valence-corrected chi connectivity index (χ1v) is 4.42. The minimum absolute atomic E-state index is 0.175. The van der Waals surface area contributed by atoms with Crippen LogP contribution in [0.25, 0.3) is 0 Å². The van der Waals surface area contributed by atoms with Gasteiger partial charge >= 0.3 is 0 Å². The molecule has 0 saturated carbocycles. The Hall–Kier alpha value is -1.26. The van der Waals surface area contributed by atoms with Crippen LogP contribution in [0.2, 0.25) is 5.02 Å². The van der Waals surface area contributed by atoms with Gasteiger partial charge in [0.25, 0.3) is 0 Å². The Morgan fingerprint density at radius 2 is 2.23 bits per heavy atom. The van der Waals surface area contributed by atoms with Gasteiger partial charge in [0.2, 0.25) is 0 Å². The van der Waals surface area contributed by atoms with Crippen molar-refractivity contribution in [3.8, 4) is 6.07 Å². The fourth-order valence-electron chi connectivity index (χ4n) is 1.17. The molecule has 0 heterocycles. The lowest BCUT2D eigenvalue weighted by Gasteiger charge is -2.07. The molecule has 0 radical (unpaired) electrons. The molecule has 0 aliphatic carbocycles. The first-order valence-electron chi connectivity index (χ1n) is 4.04. The molecule has 2 heteroatoms. The molecule has 0 aliphatic heterocycles. The van der Waals surface area contributed by atoms with Crippen molar-refractivity contribution >= 4 is 11.6 Å². The number of rotatable bonds is 3. The van der Waals surface area contributed by atoms with E-state index >= 15 is 0 Å². The van der Waals surface area contributed by atoms with Gasteiger partial charge in [0, 0.05) is 5.02 Å². The molecule has 1 aromatic carbocycles. The molecule has 0 fully saturated rings. The second-order valence-electron chi connectivity index (χ2n) is 2.73. The van der Waals surface area contributed by atoms with Crippen molar-refractivity contribution in [2.45, 2.75) is 12.3 Å². The van der Waals surface area contributed by atoms with Crippen molar-refractivity contribution in [1.29, 1.82) is 5.26 Å². The Labute approximate surface area is 83.3 Å². The average molecular weight is 192 g/mol. The summed E-state index contributed by atoms with van der Waals surface area (Å²) < 4.78 is 0. The highest BCUT2D eigenvalue weighted by molar-refractivity contribution is 6.31. The molecule has 1 unspecified atom stereocenters. The van der Waals surface area contributed by atoms with Gasteiger partial charge in [-0.3, -0.25) is 0 Å². The van der Waals surface area contributed by atoms with E-state index in [4.69, 9.17) is 16.9 Å². The number of halogens is 1. The monoisotopic (exact) mass is 191 g/mol. The average Bonchev–Trinajstić information content (AvgIpc) is 2.16. The highest BCUT2D eigenvalue weighted by Gasteiger charge is 2.11. The number of nitrogens with zero attached hydrogens (tertiary/aromatic N) is 1. The SMILES string of the molecule is C=CCC(C#N)c1ccccc1Cl. The van der Waals surface area contributed by atoms with Crippen LogP contribution in [0.4, 0.5) is 0 Å². The van der Waals surface area contributed by atoms with Crippen LogP contribution in [0.3, 0.4) is 0 Å². The minimum Gasteiger partial charge on any atom is -0.198 e. The molecule has 0 amide bonds. The molecule has 1 atom stereocenters. The summed E-state index contributed by atoms with van der Waals surface area (Å²) in [5, 5.41) is 9.53. The number of benzene rings is 1. The zero-order valence-corrected chi connectivity index (χ0v) is 7.96. The molecular formula is C11H10ClN. The summed E-state index contributed by atoms with van der Waals surface area (Å²) >= 11 is 5.95. The van der Waals surface area contributed by atoms with E-state index in [0.717, 1.165) is 5.56 Å². The lowest BCUT2D eigenvalue weighted by atomic mass is 9.97. The van der Waals surface area contributed by atoms with Gasteiger partial charge in [0.1, 0.15) is 0 Å². The Bertz CT molecular complexity index is 338. The summed E-state index contributed by atoms with van der Waals surface area (Å²) in [6.07, 6.45) is 2.37. The maximum Gasteiger partial charge on any atom is 0.0761 e. The lowest BCUT2D eigenvalue weighted by molar-refractivity contribution is 0.879. The number of allylic oxidation sites excluding steroid dienone is 1. The van der Waals surface area contributed by atoms with E-state index in [-0.39, 0.29) is 5.92 Å². The van der Waals surface area contributed by atoms with Crippen LogP contribution in [-0.2, 0) is 0 Å². The smallest absolute Gasteiger partial charge is 0.0761 e. The van der Waals surface area contributed by atoms with Crippen LogP contribution in [0.1, 0.15) is 17.9 Å². The van der Waals surface area contributed by atoms with Crippen LogP contribution in [0.15, 0.2) is 36.9 Å². The zero-order valence-electron chi connectivity index (χ0n) is 7.20. The maximum atomic E-state index is 8.88. The fraction of sp³-hybridized carbons (Fsp3) is 0.182. The standard InChI is InChI=1S/C11H10ClN/c1-2-5-9(8-13)10-6-3-4-7-11(10)12/h2-4,6-7,9H,1,5H2. The third-order valence-electron chi connectivity index (χ3n) is 1.84. The van der Waals surface area contributed by atoms with Gasteiger partial charge in [-0.2, -0.15) is 5.26 Å². The summed E-state index contributed by atoms with van der Waals surface area (Å²) in [6, 6.07) is 9.61. The van der Waals surface area contributed by atoms with E-state index in [1.807, 2.05) is 18.2 Å². The van der Waals surface area contributed by atoms with Crippen molar-refractivity contribution < 1.29 is 0 Å². The summed E-state index contributed by atoms with van der Waals surface area (Å²) in [6.45, 7) is 3.61. The van der Waals surface area contributed by atoms with E-state index in [9.17, 15) is 0 Å². The molecule has 66 valence electrons. The Balaban J connectivity index is 2.99. The predicted molar refractivity (Wildman–Crippen MR) is 54.6 cm³/mol. The Morgan fingerprint density at radius 3 is 2.77 bits per heavy atom. The van der Waals surface area contributed by atoms with Gasteiger partial charge in [0.15, 0.2) is 0 Å². The minimum atomic E-state index is -0.175. The van der Waals surface area contributed by atoms with Gasteiger partial charge in [-0.15, -0.1) is 6.58 Å². The number of nitriles is 1. The molecule has 0 aromatic heterocycles. The number of hydrogen-bond donors (Lipinski definition) is 0. The predicted octanol–water partition coefficient (Wildman–Crippen LogP) is 3.52. The van der Waals surface area contributed by atoms with Gasteiger partial charge in [-0.25, -0.2) is 0 Å². The van der Waals surface area contributed by atoms with Crippen molar-refractivity contribution in [3.05, 3.63) is 47.5 Å². The summed E-state index contributed by atoms with van der Waals surface area (Å²) in [7, 11) is 0. The summed E-state index contributed by atoms with van der Waals surface area (Å²) in [4.78, 5) is 0. The highest BCUT2D eigenvalue weighted by atomic mass is 35.5. The van der Waals surface area contributed by atoms with E-state index in [1.165, 1.54) is 0 Å². The molecule has 13 heavy (non-hydrogen) atoms. The van der Waals surface area contributed by atoms with Gasteiger partial charge < -0.3 is 0 Å². The van der Waals surface area contributed by atoms with Gasteiger partial charge in [-0.1, -0.05) is 35.9 Å². The molecule has 0 saturated heterocycles.